The van der Waals surface area contributed by atoms with Crippen LogP contribution in [0.2, 0.25) is 0 Å². The molecule has 2 heterocycles. The molecule has 4 rings (SSSR count). The molecule has 0 aliphatic carbocycles. The van der Waals surface area contributed by atoms with E-state index in [9.17, 15) is 14.7 Å². The molecule has 1 amide bonds. The van der Waals surface area contributed by atoms with Crippen molar-refractivity contribution in [3.8, 4) is 11.1 Å². The SMILES string of the molecule is CCCN(CCC)C(=O)C1=Cc2c(C)cc(-c3ccc4c(=O)n(CC(C)(C)O)ccc4c3)cc2N=C(N)C1. The van der Waals surface area contributed by atoms with Gasteiger partial charge in [-0.2, -0.15) is 0 Å². The van der Waals surface area contributed by atoms with E-state index in [1.165, 1.54) is 0 Å². The number of amidine groups is 1. The van der Waals surface area contributed by atoms with Crippen LogP contribution in [0.1, 0.15) is 58.1 Å². The number of rotatable bonds is 8. The minimum Gasteiger partial charge on any atom is -0.389 e. The second-order valence-electron chi connectivity index (χ2n) is 10.8. The molecule has 0 fully saturated rings. The number of carbonyl (C=O) groups is 1. The fourth-order valence-corrected chi connectivity index (χ4v) is 5.05. The number of amides is 1. The first-order valence-corrected chi connectivity index (χ1v) is 13.3. The van der Waals surface area contributed by atoms with Crippen molar-refractivity contribution in [1.82, 2.24) is 9.47 Å². The van der Waals surface area contributed by atoms with Crippen LogP contribution < -0.4 is 11.3 Å². The van der Waals surface area contributed by atoms with Gasteiger partial charge in [0.1, 0.15) is 5.84 Å². The summed E-state index contributed by atoms with van der Waals surface area (Å²) in [4.78, 5) is 32.9. The molecular formula is C31H38N4O3. The fraction of sp³-hybridized carbons (Fsp3) is 0.387. The van der Waals surface area contributed by atoms with Gasteiger partial charge >= 0.3 is 0 Å². The number of nitrogens with two attached hydrogens (primary N) is 1. The largest absolute Gasteiger partial charge is 0.389 e. The van der Waals surface area contributed by atoms with Gasteiger partial charge < -0.3 is 20.3 Å². The molecule has 3 aromatic rings. The molecule has 0 atom stereocenters. The highest BCUT2D eigenvalue weighted by Gasteiger charge is 2.22. The Balaban J connectivity index is 1.74. The lowest BCUT2D eigenvalue weighted by Gasteiger charge is -2.22. The van der Waals surface area contributed by atoms with Gasteiger partial charge in [-0.25, -0.2) is 4.99 Å². The maximum absolute atomic E-state index is 13.3. The number of aromatic nitrogens is 1. The van der Waals surface area contributed by atoms with E-state index in [1.54, 1.807) is 24.6 Å². The first-order valence-electron chi connectivity index (χ1n) is 13.3. The lowest BCUT2D eigenvalue weighted by atomic mass is 9.95. The molecule has 0 unspecified atom stereocenters. The topological polar surface area (TPSA) is 101 Å². The number of pyridine rings is 1. The summed E-state index contributed by atoms with van der Waals surface area (Å²) in [7, 11) is 0. The van der Waals surface area contributed by atoms with Crippen molar-refractivity contribution in [3.63, 3.8) is 0 Å². The summed E-state index contributed by atoms with van der Waals surface area (Å²) >= 11 is 0. The lowest BCUT2D eigenvalue weighted by molar-refractivity contribution is -0.127. The van der Waals surface area contributed by atoms with Crippen LogP contribution in [0.4, 0.5) is 5.69 Å². The first-order chi connectivity index (χ1) is 18.0. The van der Waals surface area contributed by atoms with E-state index >= 15 is 0 Å². The zero-order valence-electron chi connectivity index (χ0n) is 23.0. The van der Waals surface area contributed by atoms with Crippen LogP contribution >= 0.6 is 0 Å². The highest BCUT2D eigenvalue weighted by atomic mass is 16.3. The van der Waals surface area contributed by atoms with Crippen molar-refractivity contribution in [3.05, 3.63) is 69.6 Å². The highest BCUT2D eigenvalue weighted by Crippen LogP contribution is 2.35. The summed E-state index contributed by atoms with van der Waals surface area (Å²) in [6.07, 6.45) is 5.80. The normalized spacial score (nSPS) is 13.5. The molecule has 200 valence electrons. The van der Waals surface area contributed by atoms with E-state index in [0.29, 0.717) is 23.2 Å². The van der Waals surface area contributed by atoms with Crippen molar-refractivity contribution in [2.24, 2.45) is 10.7 Å². The summed E-state index contributed by atoms with van der Waals surface area (Å²) in [6.45, 7) is 11.2. The first kappa shape index (κ1) is 27.3. The number of fused-ring (bicyclic) bond motifs is 2. The number of hydrogen-bond donors (Lipinski definition) is 2. The Morgan fingerprint density at radius 2 is 1.82 bits per heavy atom. The molecule has 2 aromatic carbocycles. The van der Waals surface area contributed by atoms with Crippen molar-refractivity contribution < 1.29 is 9.90 Å². The summed E-state index contributed by atoms with van der Waals surface area (Å²) in [5.74, 6) is 0.437. The molecule has 38 heavy (non-hydrogen) atoms. The van der Waals surface area contributed by atoms with Crippen LogP contribution in [0.25, 0.3) is 28.0 Å². The maximum atomic E-state index is 13.3. The molecule has 7 nitrogen and oxygen atoms in total. The van der Waals surface area contributed by atoms with E-state index < -0.39 is 5.60 Å². The van der Waals surface area contributed by atoms with Gasteiger partial charge in [0.15, 0.2) is 0 Å². The zero-order chi connectivity index (χ0) is 27.6. The molecule has 3 N–H and O–H groups in total. The van der Waals surface area contributed by atoms with Gasteiger partial charge in [0.25, 0.3) is 5.56 Å². The second kappa shape index (κ2) is 11.0. The molecule has 7 heteroatoms. The Labute approximate surface area is 224 Å². The molecular weight excluding hydrogens is 476 g/mol. The zero-order valence-corrected chi connectivity index (χ0v) is 23.0. The predicted octanol–water partition coefficient (Wildman–Crippen LogP) is 5.17. The standard InChI is InChI=1S/C31H38N4O3/c1-6-11-34(12-7-2)29(36)24-16-26-20(3)14-23(17-27(26)33-28(32)18-24)21-8-9-25-22(15-21)10-13-35(30(25)37)19-31(4,5)38/h8-10,13-17,38H,6-7,11-12,18-19H2,1-5H3,(H2,32,33). The molecule has 1 aliphatic heterocycles. The van der Waals surface area contributed by atoms with Gasteiger partial charge in [0.2, 0.25) is 5.91 Å². The maximum Gasteiger partial charge on any atom is 0.258 e. The number of hydrogen-bond acceptors (Lipinski definition) is 5. The average Bonchev–Trinajstić information content (AvgIpc) is 3.02. The third-order valence-electron chi connectivity index (χ3n) is 6.74. The number of carbonyl (C=O) groups excluding carboxylic acids is 1. The van der Waals surface area contributed by atoms with Crippen LogP contribution in [0, 0.1) is 6.92 Å². The minimum atomic E-state index is -0.984. The average molecular weight is 515 g/mol. The van der Waals surface area contributed by atoms with Gasteiger partial charge in [-0.15, -0.1) is 0 Å². The third kappa shape index (κ3) is 5.89. The highest BCUT2D eigenvalue weighted by molar-refractivity contribution is 6.06. The van der Waals surface area contributed by atoms with E-state index in [-0.39, 0.29) is 18.0 Å². The Kier molecular flexibility index (Phi) is 7.88. The number of aryl methyl sites for hydroxylation is 1. The molecule has 1 aromatic heterocycles. The fourth-order valence-electron chi connectivity index (χ4n) is 5.05. The molecule has 0 saturated carbocycles. The quantitative estimate of drug-likeness (QED) is 0.433. The van der Waals surface area contributed by atoms with E-state index in [4.69, 9.17) is 5.73 Å². The second-order valence-corrected chi connectivity index (χ2v) is 10.8. The predicted molar refractivity (Wildman–Crippen MR) is 156 cm³/mol. The Bertz CT molecular complexity index is 1490. The van der Waals surface area contributed by atoms with Crippen molar-refractivity contribution >= 4 is 34.3 Å². The Morgan fingerprint density at radius 3 is 2.47 bits per heavy atom. The molecule has 0 radical (unpaired) electrons. The van der Waals surface area contributed by atoms with Gasteiger partial charge in [-0.1, -0.05) is 26.0 Å². The van der Waals surface area contributed by atoms with Crippen LogP contribution in [0.5, 0.6) is 0 Å². The van der Waals surface area contributed by atoms with Crippen LogP contribution in [-0.4, -0.2) is 45.0 Å². The number of aliphatic hydroxyl groups is 1. The number of aliphatic imine (C=N–C) groups is 1. The molecule has 0 spiro atoms. The Hall–Kier alpha value is -3.71. The summed E-state index contributed by atoms with van der Waals surface area (Å²) < 4.78 is 1.54. The number of nitrogens with zero attached hydrogens (tertiary/aromatic N) is 3. The van der Waals surface area contributed by atoms with Gasteiger partial charge in [-0.05, 0) is 86.0 Å². The number of benzene rings is 2. The monoisotopic (exact) mass is 514 g/mol. The van der Waals surface area contributed by atoms with Crippen molar-refractivity contribution in [1.29, 1.82) is 0 Å². The van der Waals surface area contributed by atoms with Crippen LogP contribution in [-0.2, 0) is 11.3 Å². The van der Waals surface area contributed by atoms with Gasteiger partial charge in [0, 0.05) is 42.2 Å². The summed E-state index contributed by atoms with van der Waals surface area (Å²) in [5, 5.41) is 11.6. The molecule has 0 bridgehead atoms. The van der Waals surface area contributed by atoms with E-state index in [0.717, 1.165) is 59.3 Å². The Morgan fingerprint density at radius 1 is 1.11 bits per heavy atom. The summed E-state index contributed by atoms with van der Waals surface area (Å²) in [5.41, 5.74) is 10.4. The molecule has 1 aliphatic rings. The lowest BCUT2D eigenvalue weighted by Crippen LogP contribution is -2.34. The van der Waals surface area contributed by atoms with Gasteiger partial charge in [0.05, 0.1) is 17.8 Å². The van der Waals surface area contributed by atoms with E-state index in [1.807, 2.05) is 48.2 Å². The van der Waals surface area contributed by atoms with E-state index in [2.05, 4.69) is 24.9 Å². The smallest absolute Gasteiger partial charge is 0.258 e. The van der Waals surface area contributed by atoms with Gasteiger partial charge in [-0.3, -0.25) is 9.59 Å². The van der Waals surface area contributed by atoms with Crippen molar-refractivity contribution in [2.45, 2.75) is 66.0 Å². The summed E-state index contributed by atoms with van der Waals surface area (Å²) in [6, 6.07) is 11.7. The minimum absolute atomic E-state index is 0.0212. The van der Waals surface area contributed by atoms with Crippen LogP contribution in [0.3, 0.4) is 0 Å². The third-order valence-corrected chi connectivity index (χ3v) is 6.74. The van der Waals surface area contributed by atoms with Crippen LogP contribution in [0.15, 0.2) is 58.0 Å². The molecule has 0 saturated heterocycles. The van der Waals surface area contributed by atoms with Crippen molar-refractivity contribution in [2.75, 3.05) is 13.1 Å².